The number of nitrogens with zero attached hydrogens (tertiary/aromatic N) is 2. The maximum Gasteiger partial charge on any atom is 0.128 e. The van der Waals surface area contributed by atoms with Crippen molar-refractivity contribution in [1.82, 2.24) is 4.98 Å². The molecular formula is C18H29N2P. The van der Waals surface area contributed by atoms with Crippen LogP contribution in [0.5, 0.6) is 0 Å². The number of hydrogen-bond acceptors (Lipinski definition) is 2. The van der Waals surface area contributed by atoms with Crippen molar-refractivity contribution in [2.24, 2.45) is 17.8 Å². The van der Waals surface area contributed by atoms with Crippen LogP contribution < -0.4 is 4.90 Å². The fraction of sp³-hybridized carbons (Fsp3) is 0.667. The first-order chi connectivity index (χ1) is 10.1. The van der Waals surface area contributed by atoms with Gasteiger partial charge in [-0.1, -0.05) is 33.3 Å². The van der Waals surface area contributed by atoms with Crippen molar-refractivity contribution < 1.29 is 0 Å². The van der Waals surface area contributed by atoms with Crippen molar-refractivity contribution in [1.29, 1.82) is 0 Å². The summed E-state index contributed by atoms with van der Waals surface area (Å²) in [7, 11) is 3.96. The van der Waals surface area contributed by atoms with E-state index in [1.165, 1.54) is 31.0 Å². The van der Waals surface area contributed by atoms with Gasteiger partial charge >= 0.3 is 0 Å². The fourth-order valence-electron chi connectivity index (χ4n) is 3.13. The lowest BCUT2D eigenvalue weighted by atomic mass is 9.84. The lowest BCUT2D eigenvalue weighted by Crippen LogP contribution is -2.39. The highest BCUT2D eigenvalue weighted by Gasteiger charge is 2.24. The first-order valence-corrected chi connectivity index (χ1v) is 8.85. The summed E-state index contributed by atoms with van der Waals surface area (Å²) in [5, 5.41) is 1.50. The van der Waals surface area contributed by atoms with Gasteiger partial charge in [-0.2, -0.15) is 0 Å². The van der Waals surface area contributed by atoms with Gasteiger partial charge in [-0.3, -0.25) is 0 Å². The van der Waals surface area contributed by atoms with Crippen LogP contribution in [0.3, 0.4) is 0 Å². The van der Waals surface area contributed by atoms with E-state index >= 15 is 0 Å². The third-order valence-corrected chi connectivity index (χ3v) is 5.66. The number of rotatable bonds is 6. The van der Waals surface area contributed by atoms with Crippen LogP contribution >= 0.6 is 8.86 Å². The molecule has 1 aliphatic rings. The number of aromatic nitrogens is 1. The van der Waals surface area contributed by atoms with Gasteiger partial charge in [0.2, 0.25) is 0 Å². The zero-order chi connectivity index (χ0) is 15.2. The van der Waals surface area contributed by atoms with Crippen LogP contribution in [0.2, 0.25) is 0 Å². The average molecular weight is 304 g/mol. The van der Waals surface area contributed by atoms with Gasteiger partial charge in [0.15, 0.2) is 0 Å². The number of pyridine rings is 1. The SMILES string of the molecule is CC[C@H](C)C(C)CC(=P)C1CCCN(c2ccccn2)C1. The topological polar surface area (TPSA) is 16.1 Å². The summed E-state index contributed by atoms with van der Waals surface area (Å²) in [5.41, 5.74) is 0. The molecule has 116 valence electrons. The largest absolute Gasteiger partial charge is 0.356 e. The molecular weight excluding hydrogens is 275 g/mol. The van der Waals surface area contributed by atoms with Gasteiger partial charge in [0.25, 0.3) is 0 Å². The normalized spacial score (nSPS) is 21.9. The molecule has 1 aromatic rings. The Kier molecular flexibility index (Phi) is 6.23. The van der Waals surface area contributed by atoms with Gasteiger partial charge in [-0.25, -0.2) is 4.98 Å². The van der Waals surface area contributed by atoms with Crippen LogP contribution in [-0.4, -0.2) is 23.4 Å². The van der Waals surface area contributed by atoms with E-state index in [1.807, 2.05) is 12.3 Å². The molecule has 2 rings (SSSR count). The summed E-state index contributed by atoms with van der Waals surface area (Å²) in [4.78, 5) is 6.93. The van der Waals surface area contributed by atoms with Crippen molar-refractivity contribution >= 4 is 20.0 Å². The lowest BCUT2D eigenvalue weighted by Gasteiger charge is -2.35. The summed E-state index contributed by atoms with van der Waals surface area (Å²) in [6, 6.07) is 6.19. The molecule has 0 N–H and O–H groups in total. The third-order valence-electron chi connectivity index (χ3n) is 5.04. The average Bonchev–Trinajstić information content (AvgIpc) is 2.54. The highest BCUT2D eigenvalue weighted by molar-refractivity contribution is 7.21. The van der Waals surface area contributed by atoms with Crippen LogP contribution in [0, 0.1) is 17.8 Å². The molecule has 3 heteroatoms. The highest BCUT2D eigenvalue weighted by Crippen LogP contribution is 2.27. The molecule has 1 aromatic heterocycles. The smallest absolute Gasteiger partial charge is 0.128 e. The maximum absolute atomic E-state index is 4.50. The summed E-state index contributed by atoms with van der Waals surface area (Å²) < 4.78 is 0. The predicted molar refractivity (Wildman–Crippen MR) is 95.7 cm³/mol. The Morgan fingerprint density at radius 2 is 2.19 bits per heavy atom. The molecule has 1 fully saturated rings. The van der Waals surface area contributed by atoms with Crippen LogP contribution in [0.4, 0.5) is 5.82 Å². The maximum atomic E-state index is 4.50. The summed E-state index contributed by atoms with van der Waals surface area (Å²) in [6.45, 7) is 9.27. The molecule has 0 aliphatic carbocycles. The minimum absolute atomic E-state index is 0.656. The second-order valence-electron chi connectivity index (χ2n) is 6.57. The standard InChI is InChI=1S/C18H29N2P/c1-4-14(2)15(3)12-17(21)16-8-7-11-20(13-16)18-9-5-6-10-19-18/h5-6,9-10,14-16,21H,4,7-8,11-13H2,1-3H3/t14-,15?,16?/m0/s1. The molecule has 0 radical (unpaired) electrons. The molecule has 21 heavy (non-hydrogen) atoms. The van der Waals surface area contributed by atoms with Crippen LogP contribution in [-0.2, 0) is 0 Å². The molecule has 3 atom stereocenters. The predicted octanol–water partition coefficient (Wildman–Crippen LogP) is 4.69. The molecule has 2 nitrogen and oxygen atoms in total. The van der Waals surface area contributed by atoms with Crippen LogP contribution in [0.1, 0.15) is 46.5 Å². The second-order valence-corrected chi connectivity index (χ2v) is 7.21. The van der Waals surface area contributed by atoms with E-state index in [-0.39, 0.29) is 0 Å². The minimum Gasteiger partial charge on any atom is -0.356 e. The Labute approximate surface area is 132 Å². The number of anilines is 1. The molecule has 1 saturated heterocycles. The van der Waals surface area contributed by atoms with Crippen molar-refractivity contribution in [2.45, 2.75) is 46.5 Å². The number of hydrogen-bond donors (Lipinski definition) is 0. The molecule has 2 unspecified atom stereocenters. The zero-order valence-electron chi connectivity index (χ0n) is 13.7. The molecule has 0 bridgehead atoms. The second kappa shape index (κ2) is 7.94. The van der Waals surface area contributed by atoms with Gasteiger partial charge in [0.05, 0.1) is 0 Å². The van der Waals surface area contributed by atoms with Crippen molar-refractivity contribution in [3.05, 3.63) is 24.4 Å². The van der Waals surface area contributed by atoms with E-state index in [4.69, 9.17) is 0 Å². The van der Waals surface area contributed by atoms with Gasteiger partial charge in [-0.15, -0.1) is 8.86 Å². The Hall–Kier alpha value is -0.880. The monoisotopic (exact) mass is 304 g/mol. The molecule has 2 heterocycles. The van der Waals surface area contributed by atoms with E-state index in [9.17, 15) is 0 Å². The quantitative estimate of drug-likeness (QED) is 0.709. The van der Waals surface area contributed by atoms with Crippen molar-refractivity contribution in [2.75, 3.05) is 18.0 Å². The summed E-state index contributed by atoms with van der Waals surface area (Å²) >= 11 is 0. The Morgan fingerprint density at radius 1 is 1.38 bits per heavy atom. The van der Waals surface area contributed by atoms with Gasteiger partial charge in [0, 0.05) is 25.2 Å². The lowest BCUT2D eigenvalue weighted by molar-refractivity contribution is 0.382. The molecule has 0 aromatic carbocycles. The third kappa shape index (κ3) is 4.54. The molecule has 1 aliphatic heterocycles. The zero-order valence-corrected chi connectivity index (χ0v) is 14.7. The molecule has 0 saturated carbocycles. The van der Waals surface area contributed by atoms with Crippen LogP contribution in [0.25, 0.3) is 0 Å². The Bertz CT molecular complexity index is 446. The molecule has 0 amide bonds. The first kappa shape index (κ1) is 16.5. The van der Waals surface area contributed by atoms with E-state index in [2.05, 4.69) is 51.7 Å². The Morgan fingerprint density at radius 3 is 2.86 bits per heavy atom. The van der Waals surface area contributed by atoms with Gasteiger partial charge < -0.3 is 4.90 Å². The van der Waals surface area contributed by atoms with Gasteiger partial charge in [-0.05, 0) is 48.5 Å². The van der Waals surface area contributed by atoms with Crippen molar-refractivity contribution in [3.8, 4) is 0 Å². The van der Waals surface area contributed by atoms with E-state index in [0.29, 0.717) is 5.92 Å². The highest BCUT2D eigenvalue weighted by atomic mass is 31.0. The summed E-state index contributed by atoms with van der Waals surface area (Å²) in [5.74, 6) is 3.33. The Balaban J connectivity index is 1.93. The number of piperidine rings is 1. The van der Waals surface area contributed by atoms with Crippen LogP contribution in [0.15, 0.2) is 24.4 Å². The van der Waals surface area contributed by atoms with E-state index in [0.717, 1.165) is 30.7 Å². The minimum atomic E-state index is 0.656. The van der Waals surface area contributed by atoms with Crippen molar-refractivity contribution in [3.63, 3.8) is 0 Å². The van der Waals surface area contributed by atoms with E-state index in [1.54, 1.807) is 0 Å². The first-order valence-electron chi connectivity index (χ1n) is 8.35. The molecule has 0 spiro atoms. The fourth-order valence-corrected chi connectivity index (χ4v) is 3.69. The van der Waals surface area contributed by atoms with E-state index < -0.39 is 0 Å². The summed E-state index contributed by atoms with van der Waals surface area (Å²) in [6.07, 6.45) is 6.92. The van der Waals surface area contributed by atoms with Gasteiger partial charge in [0.1, 0.15) is 5.82 Å².